The second-order valence-electron chi connectivity index (χ2n) is 30.0. The van der Waals surface area contributed by atoms with Gasteiger partial charge in [0.1, 0.15) is 0 Å². The highest BCUT2D eigenvalue weighted by atomic mass is 32.2. The summed E-state index contributed by atoms with van der Waals surface area (Å²) in [6, 6.07) is 84.1. The van der Waals surface area contributed by atoms with E-state index in [1.807, 2.05) is 149 Å². The number of hydrogen-bond acceptors (Lipinski definition) is 12. The van der Waals surface area contributed by atoms with Gasteiger partial charge in [-0.3, -0.25) is 29.9 Å². The summed E-state index contributed by atoms with van der Waals surface area (Å²) in [6.07, 6.45) is 21.1. The fraction of sp³-hybridized carbons (Fsp3) is 0.152. The van der Waals surface area contributed by atoms with Crippen molar-refractivity contribution in [1.29, 1.82) is 0 Å². The lowest BCUT2D eigenvalue weighted by Gasteiger charge is -2.13. The maximum absolute atomic E-state index is 12.0. The average Bonchev–Trinajstić information content (AvgIpc) is 0.788. The maximum Gasteiger partial charge on any atom is 0.175 e. The highest BCUT2D eigenvalue weighted by Gasteiger charge is 2.19. The van der Waals surface area contributed by atoms with Crippen molar-refractivity contribution in [2.45, 2.75) is 94.8 Å². The molecule has 12 nitrogen and oxygen atoms in total. The van der Waals surface area contributed by atoms with E-state index in [4.69, 9.17) is 15.0 Å². The minimum Gasteiger partial charge on any atom is -0.261 e. The van der Waals surface area contributed by atoms with Crippen LogP contribution in [0.1, 0.15) is 143 Å². The van der Waals surface area contributed by atoms with E-state index in [9.17, 15) is 25.3 Å². The van der Waals surface area contributed by atoms with Crippen LogP contribution < -0.4 is 0 Å². The number of aromatic nitrogens is 6. The highest BCUT2D eigenvalue weighted by Crippen LogP contribution is 2.39. The molecule has 6 aromatic heterocycles. The fourth-order valence-electron chi connectivity index (χ4n) is 13.7. The van der Waals surface area contributed by atoms with E-state index in [2.05, 4.69) is 202 Å². The predicted octanol–water partition coefficient (Wildman–Crippen LogP) is 23.2. The van der Waals surface area contributed by atoms with Crippen LogP contribution in [0.4, 0.5) is 0 Å². The van der Waals surface area contributed by atoms with Crippen LogP contribution in [0.2, 0.25) is 0 Å². The summed E-state index contributed by atoms with van der Waals surface area (Å²) in [7, 11) is -9.84. The summed E-state index contributed by atoms with van der Waals surface area (Å²) < 4.78 is 72.1. The Kier molecular flexibility index (Phi) is 24.1. The van der Waals surface area contributed by atoms with Crippen LogP contribution in [0.3, 0.4) is 0 Å². The number of sulfone groups is 3. The molecular weight excluding hydrogens is 1470 g/mol. The fourth-order valence-corrected chi connectivity index (χ4v) is 15.6. The van der Waals surface area contributed by atoms with Gasteiger partial charge in [0.05, 0.1) is 42.6 Å². The molecule has 570 valence electrons. The monoisotopic (exact) mass is 1550 g/mol. The molecule has 0 atom stereocenters. The van der Waals surface area contributed by atoms with Crippen LogP contribution in [-0.2, 0) is 29.5 Å². The topological polar surface area (TPSA) is 180 Å². The number of benzene rings is 9. The highest BCUT2D eigenvalue weighted by molar-refractivity contribution is 7.91. The van der Waals surface area contributed by atoms with Crippen LogP contribution in [0, 0.1) is 20.8 Å². The molecule has 114 heavy (non-hydrogen) atoms. The third-order valence-electron chi connectivity index (χ3n) is 20.1. The second kappa shape index (κ2) is 34.4. The van der Waals surface area contributed by atoms with E-state index in [0.717, 1.165) is 150 Å². The van der Waals surface area contributed by atoms with Crippen molar-refractivity contribution >= 4 is 97.2 Å². The zero-order chi connectivity index (χ0) is 80.6. The number of fused-ring (bicyclic) bond motifs is 3. The van der Waals surface area contributed by atoms with Crippen molar-refractivity contribution in [2.24, 2.45) is 0 Å². The van der Waals surface area contributed by atoms with Crippen molar-refractivity contribution in [2.75, 3.05) is 18.8 Å². The van der Waals surface area contributed by atoms with Crippen LogP contribution >= 0.6 is 0 Å². The molecule has 0 N–H and O–H groups in total. The Morgan fingerprint density at radius 1 is 0.298 bits per heavy atom. The minimum absolute atomic E-state index is 0.295. The zero-order valence-electron chi connectivity index (χ0n) is 66.0. The lowest BCUT2D eigenvalue weighted by Crippen LogP contribution is -1.98. The quantitative estimate of drug-likeness (QED) is 0.0743. The van der Waals surface area contributed by atoms with Gasteiger partial charge in [-0.1, -0.05) is 169 Å². The SMILES string of the molecule is Cc1ccc(/C(=C/c2cccc(-c3cc(C(C)C)cc4cccnc34)c2)c2ccc(S(C)(=O)=O)cc2)nc1.Cc1ccc(/C(=C\c2cccc(-c3cc(C(C)C)cc4cccnc34)c2)c2ccc(S(C)(=O)=O)cc2)cn1.Cc1ccc(/C(=C\c2cccc(-c3cc(C(C)C)cc4cccnc34)c2)c2ccc(S(C)(=O)=O)cc2)nc1. The molecule has 0 saturated carbocycles. The van der Waals surface area contributed by atoms with Crippen LogP contribution in [0.15, 0.2) is 307 Å². The Balaban J connectivity index is 0.000000149. The van der Waals surface area contributed by atoms with Gasteiger partial charge >= 0.3 is 0 Å². The standard InChI is InChI=1S/3C33H30N2O2S/c2*1-22(2)28-19-27-9-6-16-34-33(27)31(20-28)26-8-5-7-24(17-26)18-30(32-15-10-23(3)21-35-32)25-11-13-29(14-12-25)38(4,36)37;1-22(2)29-19-27-9-6-16-34-33(27)32(20-29)26-8-5-7-24(17-26)18-31(28-11-10-23(3)35-21-28)25-12-14-30(15-13-25)38(4,36)37/h3*5-22H,1-4H3/b30-18+;30-18-;31-18-. The molecule has 0 aliphatic heterocycles. The van der Waals surface area contributed by atoms with Gasteiger partial charge in [-0.2, -0.15) is 0 Å². The molecule has 0 aliphatic rings. The van der Waals surface area contributed by atoms with E-state index in [1.54, 1.807) is 36.4 Å². The Morgan fingerprint density at radius 2 is 0.614 bits per heavy atom. The lowest BCUT2D eigenvalue weighted by molar-refractivity contribution is 0.600. The Bertz CT molecular complexity index is 5890. The van der Waals surface area contributed by atoms with Gasteiger partial charge in [-0.05, 0) is 268 Å². The Labute approximate surface area is 670 Å². The van der Waals surface area contributed by atoms with Crippen LogP contribution in [0.25, 0.3) is 101 Å². The van der Waals surface area contributed by atoms with Gasteiger partial charge in [-0.15, -0.1) is 0 Å². The third kappa shape index (κ3) is 19.2. The minimum atomic E-state index is -3.28. The van der Waals surface area contributed by atoms with Crippen LogP contribution in [-0.4, -0.2) is 73.9 Å². The number of hydrogen-bond donors (Lipinski definition) is 0. The summed E-state index contributed by atoms with van der Waals surface area (Å²) in [5.74, 6) is 1.20. The van der Waals surface area contributed by atoms with Crippen molar-refractivity contribution in [1.82, 2.24) is 29.9 Å². The van der Waals surface area contributed by atoms with Crippen molar-refractivity contribution < 1.29 is 25.3 Å². The van der Waals surface area contributed by atoms with Crippen molar-refractivity contribution in [3.05, 3.63) is 376 Å². The van der Waals surface area contributed by atoms with E-state index >= 15 is 0 Å². The molecule has 9 aromatic carbocycles. The van der Waals surface area contributed by atoms with Crippen molar-refractivity contribution in [3.63, 3.8) is 0 Å². The molecule has 0 amide bonds. The van der Waals surface area contributed by atoms with Gasteiger partial charge in [0, 0.05) is 111 Å². The van der Waals surface area contributed by atoms with E-state index in [1.165, 1.54) is 35.5 Å². The summed E-state index contributed by atoms with van der Waals surface area (Å²) in [6.45, 7) is 19.2. The van der Waals surface area contributed by atoms with Gasteiger partial charge in [0.25, 0.3) is 0 Å². The molecule has 15 rings (SSSR count). The van der Waals surface area contributed by atoms with Gasteiger partial charge in [0.2, 0.25) is 0 Å². The summed E-state index contributed by atoms with van der Waals surface area (Å²) in [4.78, 5) is 28.9. The van der Waals surface area contributed by atoms with E-state index < -0.39 is 29.5 Å². The van der Waals surface area contributed by atoms with Gasteiger partial charge in [0.15, 0.2) is 29.5 Å². The Morgan fingerprint density at radius 3 is 0.904 bits per heavy atom. The largest absolute Gasteiger partial charge is 0.261 e. The van der Waals surface area contributed by atoms with E-state index in [-0.39, 0.29) is 0 Å². The van der Waals surface area contributed by atoms with E-state index in [0.29, 0.717) is 32.4 Å². The molecule has 0 bridgehead atoms. The first-order chi connectivity index (χ1) is 54.6. The molecule has 15 heteroatoms. The first kappa shape index (κ1) is 79.8. The van der Waals surface area contributed by atoms with Crippen molar-refractivity contribution in [3.8, 4) is 33.4 Å². The molecule has 6 heterocycles. The zero-order valence-corrected chi connectivity index (χ0v) is 68.5. The van der Waals surface area contributed by atoms with Gasteiger partial charge in [-0.25, -0.2) is 25.3 Å². The first-order valence-electron chi connectivity index (χ1n) is 37.9. The smallest absolute Gasteiger partial charge is 0.175 e. The first-order valence-corrected chi connectivity index (χ1v) is 43.6. The molecule has 0 radical (unpaired) electrons. The normalized spacial score (nSPS) is 12.3. The predicted molar refractivity (Wildman–Crippen MR) is 470 cm³/mol. The third-order valence-corrected chi connectivity index (χ3v) is 23.5. The number of pyridine rings is 6. The number of rotatable bonds is 18. The van der Waals surface area contributed by atoms with Gasteiger partial charge < -0.3 is 0 Å². The molecule has 15 aromatic rings. The molecule has 0 fully saturated rings. The molecular formula is C99H90N6O6S3. The Hall–Kier alpha value is -12.3. The molecule has 0 unspecified atom stereocenters. The molecule has 0 aliphatic carbocycles. The summed E-state index contributed by atoms with van der Waals surface area (Å²) >= 11 is 0. The molecule has 0 saturated heterocycles. The lowest BCUT2D eigenvalue weighted by atomic mass is 9.92. The number of aryl methyl sites for hydroxylation is 3. The average molecular weight is 1560 g/mol. The number of nitrogens with zero attached hydrogens (tertiary/aromatic N) is 6. The van der Waals surface area contributed by atoms with Crippen LogP contribution in [0.5, 0.6) is 0 Å². The molecule has 0 spiro atoms. The maximum atomic E-state index is 12.0. The second-order valence-corrected chi connectivity index (χ2v) is 36.0. The summed E-state index contributed by atoms with van der Waals surface area (Å²) in [5.41, 5.74) is 27.6. The summed E-state index contributed by atoms with van der Waals surface area (Å²) in [5, 5.41) is 3.39.